The molecule has 1 aromatic rings. The Morgan fingerprint density at radius 1 is 1.18 bits per heavy atom. The number of nitrogens with zero attached hydrogens (tertiary/aromatic N) is 1. The van der Waals surface area contributed by atoms with Gasteiger partial charge in [0.2, 0.25) is 5.91 Å². The highest BCUT2D eigenvalue weighted by Crippen LogP contribution is 2.31. The topological polar surface area (TPSA) is 64.8 Å². The van der Waals surface area contributed by atoms with E-state index in [0.29, 0.717) is 30.0 Å². The van der Waals surface area contributed by atoms with Gasteiger partial charge in [0.25, 0.3) is 0 Å². The third-order valence-electron chi connectivity index (χ3n) is 3.76. The number of methoxy groups -OCH3 is 2. The Labute approximate surface area is 133 Å². The smallest absolute Gasteiger partial charge is 0.222 e. The van der Waals surface area contributed by atoms with Gasteiger partial charge in [-0.05, 0) is 31.4 Å². The van der Waals surface area contributed by atoms with Crippen molar-refractivity contribution < 1.29 is 14.3 Å². The van der Waals surface area contributed by atoms with Crippen LogP contribution in [0.25, 0.3) is 0 Å². The summed E-state index contributed by atoms with van der Waals surface area (Å²) in [6, 6.07) is 3.59. The lowest BCUT2D eigenvalue weighted by molar-refractivity contribution is -0.131. The van der Waals surface area contributed by atoms with Crippen LogP contribution in [0.1, 0.15) is 38.7 Å². The van der Waals surface area contributed by atoms with E-state index in [1.807, 2.05) is 17.9 Å². The molecular formula is C17H28N2O3. The van der Waals surface area contributed by atoms with Crippen LogP contribution in [0.3, 0.4) is 0 Å². The van der Waals surface area contributed by atoms with Crippen molar-refractivity contribution in [3.05, 3.63) is 17.7 Å². The molecule has 0 heterocycles. The van der Waals surface area contributed by atoms with Crippen LogP contribution in [0.5, 0.6) is 11.5 Å². The average molecular weight is 308 g/mol. The zero-order valence-corrected chi connectivity index (χ0v) is 14.1. The van der Waals surface area contributed by atoms with Gasteiger partial charge >= 0.3 is 0 Å². The van der Waals surface area contributed by atoms with Crippen LogP contribution in [-0.4, -0.2) is 38.1 Å². The van der Waals surface area contributed by atoms with E-state index in [4.69, 9.17) is 15.2 Å². The zero-order valence-electron chi connectivity index (χ0n) is 14.1. The second kappa shape index (κ2) is 9.18. The Kier molecular flexibility index (Phi) is 7.57. The fraction of sp³-hybridized carbons (Fsp3) is 0.588. The van der Waals surface area contributed by atoms with Crippen molar-refractivity contribution in [3.8, 4) is 11.5 Å². The van der Waals surface area contributed by atoms with Gasteiger partial charge in [0.1, 0.15) is 11.5 Å². The summed E-state index contributed by atoms with van der Waals surface area (Å²) in [7, 11) is 3.18. The number of nitrogens with two attached hydrogens (primary N) is 1. The number of anilines is 1. The normalized spacial score (nSPS) is 10.4. The van der Waals surface area contributed by atoms with Crippen molar-refractivity contribution in [2.75, 3.05) is 33.0 Å². The van der Waals surface area contributed by atoms with Gasteiger partial charge in [0.15, 0.2) is 0 Å². The van der Waals surface area contributed by atoms with Crippen molar-refractivity contribution in [2.45, 2.75) is 39.5 Å². The maximum Gasteiger partial charge on any atom is 0.222 e. The van der Waals surface area contributed by atoms with E-state index in [0.717, 1.165) is 31.5 Å². The summed E-state index contributed by atoms with van der Waals surface area (Å²) in [6.45, 7) is 5.72. The Hall–Kier alpha value is -1.91. The fourth-order valence-electron chi connectivity index (χ4n) is 2.40. The largest absolute Gasteiger partial charge is 0.496 e. The molecule has 0 atom stereocenters. The van der Waals surface area contributed by atoms with Crippen LogP contribution in [0.2, 0.25) is 0 Å². The molecule has 1 aromatic carbocycles. The Morgan fingerprint density at radius 3 is 2.41 bits per heavy atom. The second-order valence-corrected chi connectivity index (χ2v) is 5.23. The summed E-state index contributed by atoms with van der Waals surface area (Å²) in [5.74, 6) is 1.47. The van der Waals surface area contributed by atoms with E-state index in [9.17, 15) is 4.79 Å². The highest BCUT2D eigenvalue weighted by molar-refractivity contribution is 5.76. The van der Waals surface area contributed by atoms with Crippen molar-refractivity contribution in [3.63, 3.8) is 0 Å². The quantitative estimate of drug-likeness (QED) is 0.712. The van der Waals surface area contributed by atoms with Crippen LogP contribution >= 0.6 is 0 Å². The lowest BCUT2D eigenvalue weighted by Gasteiger charge is -2.21. The van der Waals surface area contributed by atoms with Gasteiger partial charge in [-0.2, -0.15) is 0 Å². The highest BCUT2D eigenvalue weighted by atomic mass is 16.5. The molecule has 0 fully saturated rings. The zero-order chi connectivity index (χ0) is 16.5. The summed E-state index contributed by atoms with van der Waals surface area (Å²) >= 11 is 0. The maximum absolute atomic E-state index is 12.3. The first-order chi connectivity index (χ1) is 10.6. The van der Waals surface area contributed by atoms with Gasteiger partial charge < -0.3 is 20.1 Å². The lowest BCUT2D eigenvalue weighted by atomic mass is 10.1. The maximum atomic E-state index is 12.3. The SMILES string of the molecule is CCCCN(CC)C(=O)CCc1cc(N)c(OC)cc1OC. The third kappa shape index (κ3) is 4.83. The molecule has 0 bridgehead atoms. The van der Waals surface area contributed by atoms with Crippen LogP contribution in [-0.2, 0) is 11.2 Å². The summed E-state index contributed by atoms with van der Waals surface area (Å²) in [5, 5.41) is 0. The number of carbonyl (C=O) groups is 1. The molecular weight excluding hydrogens is 280 g/mol. The summed E-state index contributed by atoms with van der Waals surface area (Å²) in [4.78, 5) is 14.2. The lowest BCUT2D eigenvalue weighted by Crippen LogP contribution is -2.31. The molecule has 0 aromatic heterocycles. The molecule has 22 heavy (non-hydrogen) atoms. The van der Waals surface area contributed by atoms with Crippen molar-refractivity contribution in [2.24, 2.45) is 0 Å². The Balaban J connectivity index is 2.74. The molecule has 0 saturated carbocycles. The van der Waals surface area contributed by atoms with Gasteiger partial charge in [-0.1, -0.05) is 13.3 Å². The molecule has 124 valence electrons. The molecule has 2 N–H and O–H groups in total. The highest BCUT2D eigenvalue weighted by Gasteiger charge is 2.14. The number of ether oxygens (including phenoxy) is 2. The first-order valence-electron chi connectivity index (χ1n) is 7.85. The molecule has 0 aliphatic rings. The molecule has 0 aliphatic heterocycles. The molecule has 0 spiro atoms. The van der Waals surface area contributed by atoms with Crippen LogP contribution < -0.4 is 15.2 Å². The standard InChI is InChI=1S/C17H28N2O3/c1-5-7-10-19(6-2)17(20)9-8-13-11-14(18)16(22-4)12-15(13)21-3/h11-12H,5-10,18H2,1-4H3. The van der Waals surface area contributed by atoms with Crippen molar-refractivity contribution >= 4 is 11.6 Å². The molecule has 0 unspecified atom stereocenters. The monoisotopic (exact) mass is 308 g/mol. The van der Waals surface area contributed by atoms with E-state index in [2.05, 4.69) is 6.92 Å². The first kappa shape index (κ1) is 18.1. The van der Waals surface area contributed by atoms with E-state index in [-0.39, 0.29) is 5.91 Å². The summed E-state index contributed by atoms with van der Waals surface area (Å²) in [5.41, 5.74) is 7.43. The molecule has 1 rings (SSSR count). The van der Waals surface area contributed by atoms with Crippen molar-refractivity contribution in [1.82, 2.24) is 4.90 Å². The molecule has 0 aliphatic carbocycles. The van der Waals surface area contributed by atoms with Crippen LogP contribution in [0.4, 0.5) is 5.69 Å². The second-order valence-electron chi connectivity index (χ2n) is 5.23. The summed E-state index contributed by atoms with van der Waals surface area (Å²) < 4.78 is 10.6. The number of rotatable bonds is 9. The number of unbranched alkanes of at least 4 members (excludes halogenated alkanes) is 1. The van der Waals surface area contributed by atoms with E-state index in [1.165, 1.54) is 0 Å². The number of nitrogen functional groups attached to an aromatic ring is 1. The van der Waals surface area contributed by atoms with E-state index in [1.54, 1.807) is 20.3 Å². The number of benzene rings is 1. The van der Waals surface area contributed by atoms with Crippen LogP contribution in [0, 0.1) is 0 Å². The van der Waals surface area contributed by atoms with Gasteiger partial charge in [-0.3, -0.25) is 4.79 Å². The molecule has 0 saturated heterocycles. The Bertz CT molecular complexity index is 489. The number of amides is 1. The van der Waals surface area contributed by atoms with E-state index >= 15 is 0 Å². The minimum Gasteiger partial charge on any atom is -0.496 e. The Morgan fingerprint density at radius 2 is 1.86 bits per heavy atom. The number of hydrogen-bond acceptors (Lipinski definition) is 4. The van der Waals surface area contributed by atoms with Gasteiger partial charge in [0, 0.05) is 25.6 Å². The molecule has 0 radical (unpaired) electrons. The minimum atomic E-state index is 0.174. The predicted octanol–water partition coefficient (Wildman–Crippen LogP) is 2.87. The number of carbonyl (C=O) groups excluding carboxylic acids is 1. The number of hydrogen-bond donors (Lipinski definition) is 1. The van der Waals surface area contributed by atoms with Gasteiger partial charge in [-0.25, -0.2) is 0 Å². The predicted molar refractivity (Wildman–Crippen MR) is 89.4 cm³/mol. The van der Waals surface area contributed by atoms with Crippen LogP contribution in [0.15, 0.2) is 12.1 Å². The minimum absolute atomic E-state index is 0.174. The fourth-order valence-corrected chi connectivity index (χ4v) is 2.40. The van der Waals surface area contributed by atoms with Gasteiger partial charge in [0.05, 0.1) is 19.9 Å². The summed E-state index contributed by atoms with van der Waals surface area (Å²) in [6.07, 6.45) is 3.20. The molecule has 1 amide bonds. The average Bonchev–Trinajstić information content (AvgIpc) is 2.53. The molecule has 5 nitrogen and oxygen atoms in total. The molecule has 5 heteroatoms. The number of aryl methyl sites for hydroxylation is 1. The van der Waals surface area contributed by atoms with Crippen molar-refractivity contribution in [1.29, 1.82) is 0 Å². The first-order valence-corrected chi connectivity index (χ1v) is 7.85. The van der Waals surface area contributed by atoms with E-state index < -0.39 is 0 Å². The van der Waals surface area contributed by atoms with Gasteiger partial charge in [-0.15, -0.1) is 0 Å². The third-order valence-corrected chi connectivity index (χ3v) is 3.76.